The van der Waals surface area contributed by atoms with Crippen molar-refractivity contribution in [3.05, 3.63) is 188 Å². The molecule has 0 atom stereocenters. The summed E-state index contributed by atoms with van der Waals surface area (Å²) < 4.78 is 10.1. The van der Waals surface area contributed by atoms with Crippen LogP contribution in [0.3, 0.4) is 0 Å². The van der Waals surface area contributed by atoms with Crippen molar-refractivity contribution in [2.24, 2.45) is 0 Å². The summed E-state index contributed by atoms with van der Waals surface area (Å²) in [4.78, 5) is 15.2. The molecule has 7 heteroatoms. The van der Waals surface area contributed by atoms with Gasteiger partial charge < -0.3 is 9.13 Å². The van der Waals surface area contributed by atoms with Crippen molar-refractivity contribution in [3.63, 3.8) is 0 Å². The van der Waals surface area contributed by atoms with E-state index in [1.54, 1.807) is 0 Å². The van der Waals surface area contributed by atoms with Gasteiger partial charge in [-0.1, -0.05) is 103 Å². The van der Waals surface area contributed by atoms with Crippen LogP contribution in [0.15, 0.2) is 176 Å². The van der Waals surface area contributed by atoms with Gasteiger partial charge >= 0.3 is 0 Å². The number of rotatable bonds is 5. The van der Waals surface area contributed by atoms with Crippen LogP contribution in [-0.2, 0) is 0 Å². The van der Waals surface area contributed by atoms with Crippen LogP contribution < -0.4 is 0 Å². The molecule has 0 radical (unpaired) electrons. The topological polar surface area (TPSA) is 48.5 Å². The number of para-hydroxylation sites is 2. The van der Waals surface area contributed by atoms with Crippen molar-refractivity contribution in [1.82, 2.24) is 24.1 Å². The summed E-state index contributed by atoms with van der Waals surface area (Å²) >= 11 is 3.73. The van der Waals surface area contributed by atoms with E-state index in [1.807, 2.05) is 22.7 Å². The summed E-state index contributed by atoms with van der Waals surface area (Å²) in [6, 6.07) is 51.9. The summed E-state index contributed by atoms with van der Waals surface area (Å²) in [6.07, 6.45) is 17.3. The van der Waals surface area contributed by atoms with Crippen molar-refractivity contribution in [3.8, 4) is 22.8 Å². The largest absolute Gasteiger partial charge is 0.309 e. The van der Waals surface area contributed by atoms with Crippen molar-refractivity contribution in [2.45, 2.75) is 25.7 Å². The molecule has 14 rings (SSSR count). The Labute approximate surface area is 375 Å². The number of hydrogen-bond acceptors (Lipinski definition) is 5. The Bertz CT molecular complexity index is 4040. The van der Waals surface area contributed by atoms with Crippen molar-refractivity contribution >= 4 is 118 Å². The lowest BCUT2D eigenvalue weighted by atomic mass is 10.0. The first kappa shape index (κ1) is 36.1. The van der Waals surface area contributed by atoms with E-state index in [2.05, 4.69) is 185 Å². The zero-order valence-electron chi connectivity index (χ0n) is 34.6. The van der Waals surface area contributed by atoms with E-state index in [0.29, 0.717) is 5.82 Å². The second-order valence-electron chi connectivity index (χ2n) is 16.9. The van der Waals surface area contributed by atoms with Gasteiger partial charge in [0.15, 0.2) is 17.5 Å². The van der Waals surface area contributed by atoms with E-state index >= 15 is 0 Å². The Kier molecular flexibility index (Phi) is 7.91. The molecule has 0 N–H and O–H groups in total. The van der Waals surface area contributed by atoms with Crippen LogP contribution >= 0.6 is 22.7 Å². The molecule has 0 spiro atoms. The summed E-state index contributed by atoms with van der Waals surface area (Å²) in [7, 11) is 0. The molecule has 0 aliphatic heterocycles. The number of fused-ring (bicyclic) bond motifs is 13. The zero-order chi connectivity index (χ0) is 41.9. The minimum absolute atomic E-state index is 0.701. The van der Waals surface area contributed by atoms with E-state index in [-0.39, 0.29) is 0 Å². The molecule has 12 aromatic rings. The van der Waals surface area contributed by atoms with Gasteiger partial charge in [0.05, 0.1) is 26.8 Å². The van der Waals surface area contributed by atoms with Gasteiger partial charge in [-0.25, -0.2) is 15.0 Å². The standard InChI is InChI=1S/C57H37N5S2/c1-3-13-34(14-4-1)55-58-56(35-15-5-2-6-16-35)60-57(59-55)36-23-29-51-45(31-36)46-33-37(25-30-52(46)63-51)61-47-20-10-8-18-40(47)44-32-38(24-28-49(44)61)62-48-21-11-7-17-39(48)42-26-27-43-41-19-9-12-22-50(41)64-54(43)53(42)62/h3,5,7-33H,1-2,4,6H2. The smallest absolute Gasteiger partial charge is 0.164 e. The minimum atomic E-state index is 0.701. The molecule has 5 aromatic heterocycles. The predicted octanol–water partition coefficient (Wildman–Crippen LogP) is 15.9. The number of aromatic nitrogens is 5. The highest BCUT2D eigenvalue weighted by Crippen LogP contribution is 2.45. The van der Waals surface area contributed by atoms with Gasteiger partial charge in [-0.15, -0.1) is 22.7 Å². The molecule has 0 bridgehead atoms. The number of thiophene rings is 2. The number of benzene rings is 7. The molecule has 0 fully saturated rings. The number of allylic oxidation sites excluding steroid dienone is 8. The number of nitrogens with zero attached hydrogens (tertiary/aromatic N) is 5. The van der Waals surface area contributed by atoms with Crippen LogP contribution in [0.4, 0.5) is 0 Å². The summed E-state index contributed by atoms with van der Waals surface area (Å²) in [6.45, 7) is 0. The molecule has 0 amide bonds. The highest BCUT2D eigenvalue weighted by molar-refractivity contribution is 7.26. The quantitative estimate of drug-likeness (QED) is 0.173. The second kappa shape index (κ2) is 14.0. The molecule has 5 nitrogen and oxygen atoms in total. The monoisotopic (exact) mass is 855 g/mol. The van der Waals surface area contributed by atoms with Crippen LogP contribution in [0.1, 0.15) is 37.3 Å². The average molecular weight is 856 g/mol. The first-order valence-corrected chi connectivity index (χ1v) is 23.7. The fourth-order valence-corrected chi connectivity index (χ4v) is 12.5. The molecular weight excluding hydrogens is 819 g/mol. The normalized spacial score (nSPS) is 14.4. The predicted molar refractivity (Wildman–Crippen MR) is 272 cm³/mol. The zero-order valence-corrected chi connectivity index (χ0v) is 36.3. The lowest BCUT2D eigenvalue weighted by Crippen LogP contribution is -2.05. The highest BCUT2D eigenvalue weighted by Gasteiger charge is 2.21. The molecule has 0 unspecified atom stereocenters. The van der Waals surface area contributed by atoms with Crippen molar-refractivity contribution < 1.29 is 0 Å². The first-order valence-electron chi connectivity index (χ1n) is 22.1. The van der Waals surface area contributed by atoms with Gasteiger partial charge in [0.25, 0.3) is 0 Å². The maximum atomic E-state index is 5.11. The third kappa shape index (κ3) is 5.44. The molecule has 7 aromatic carbocycles. The van der Waals surface area contributed by atoms with Gasteiger partial charge in [-0.05, 0) is 98.5 Å². The maximum absolute atomic E-state index is 5.11. The van der Waals surface area contributed by atoms with Crippen LogP contribution in [-0.4, -0.2) is 24.1 Å². The summed E-state index contributed by atoms with van der Waals surface area (Å²) in [5.74, 6) is 2.16. The Morgan fingerprint density at radius 2 is 0.953 bits per heavy atom. The lowest BCUT2D eigenvalue weighted by molar-refractivity contribution is 0.975. The van der Waals surface area contributed by atoms with E-state index in [9.17, 15) is 0 Å². The fraction of sp³-hybridized carbons (Fsp3) is 0.0702. The molecule has 0 saturated carbocycles. The lowest BCUT2D eigenvalue weighted by Gasteiger charge is -2.12. The SMILES string of the molecule is C1=CC(c2nc(C3=CCCC=C3)nc(-c3ccc4sc5ccc(-n6c7ccccc7c7cc(-n8c9ccccc9c9ccc%10c%11ccccc%11sc%10c98)ccc76)cc5c4c3)n2)=CCC1. The van der Waals surface area contributed by atoms with E-state index in [1.165, 1.54) is 84.0 Å². The van der Waals surface area contributed by atoms with Crippen LogP contribution in [0, 0.1) is 0 Å². The Morgan fingerprint density at radius 1 is 0.391 bits per heavy atom. The minimum Gasteiger partial charge on any atom is -0.309 e. The maximum Gasteiger partial charge on any atom is 0.164 e. The van der Waals surface area contributed by atoms with Crippen LogP contribution in [0.2, 0.25) is 0 Å². The first-order chi connectivity index (χ1) is 31.7. The van der Waals surface area contributed by atoms with Crippen molar-refractivity contribution in [1.29, 1.82) is 0 Å². The van der Waals surface area contributed by atoms with Gasteiger partial charge in [0.2, 0.25) is 0 Å². The molecule has 64 heavy (non-hydrogen) atoms. The molecule has 5 heterocycles. The third-order valence-electron chi connectivity index (χ3n) is 13.2. The Hall–Kier alpha value is -7.45. The van der Waals surface area contributed by atoms with Crippen LogP contribution in [0.5, 0.6) is 0 Å². The van der Waals surface area contributed by atoms with Gasteiger partial charge in [-0.3, -0.25) is 0 Å². The van der Waals surface area contributed by atoms with E-state index in [0.717, 1.165) is 65.4 Å². The van der Waals surface area contributed by atoms with Crippen molar-refractivity contribution in [2.75, 3.05) is 0 Å². The van der Waals surface area contributed by atoms with Crippen LogP contribution in [0.25, 0.3) is 118 Å². The molecule has 0 saturated heterocycles. The third-order valence-corrected chi connectivity index (χ3v) is 15.5. The molecule has 2 aliphatic rings. The Morgan fingerprint density at radius 3 is 1.70 bits per heavy atom. The van der Waals surface area contributed by atoms with Gasteiger partial charge in [0.1, 0.15) is 0 Å². The van der Waals surface area contributed by atoms with Gasteiger partial charge in [0, 0.05) is 85.3 Å². The molecular formula is C57H37N5S2. The van der Waals surface area contributed by atoms with E-state index in [4.69, 9.17) is 15.0 Å². The average Bonchev–Trinajstić information content (AvgIpc) is 4.11. The highest BCUT2D eigenvalue weighted by atomic mass is 32.1. The summed E-state index contributed by atoms with van der Waals surface area (Å²) in [5, 5.41) is 10.1. The molecule has 302 valence electrons. The second-order valence-corrected chi connectivity index (χ2v) is 19.1. The summed E-state index contributed by atoms with van der Waals surface area (Å²) in [5.41, 5.74) is 10.3. The molecule has 2 aliphatic carbocycles. The number of hydrogen-bond donors (Lipinski definition) is 0. The van der Waals surface area contributed by atoms with Gasteiger partial charge in [-0.2, -0.15) is 0 Å². The fourth-order valence-electron chi connectivity index (χ4n) is 10.2. The Balaban J connectivity index is 0.940. The van der Waals surface area contributed by atoms with E-state index < -0.39 is 0 Å².